The van der Waals surface area contributed by atoms with Gasteiger partial charge in [-0.3, -0.25) is 4.79 Å². The van der Waals surface area contributed by atoms with Crippen LogP contribution in [-0.4, -0.2) is 28.7 Å². The molecule has 0 aliphatic carbocycles. The number of rotatable bonds is 9. The molecule has 6 nitrogen and oxygen atoms in total. The van der Waals surface area contributed by atoms with Crippen molar-refractivity contribution in [2.45, 2.75) is 33.2 Å². The summed E-state index contributed by atoms with van der Waals surface area (Å²) in [6.07, 6.45) is 5.33. The molecule has 1 amide bonds. The fraction of sp³-hybridized carbons (Fsp3) is 0.304. The third-order valence-electron chi connectivity index (χ3n) is 4.60. The second-order valence-electron chi connectivity index (χ2n) is 7.28. The van der Waals surface area contributed by atoms with Crippen molar-refractivity contribution >= 4 is 23.2 Å². The van der Waals surface area contributed by atoms with Gasteiger partial charge in [-0.2, -0.15) is 0 Å². The molecule has 0 fully saturated rings. The number of hydrogen-bond acceptors (Lipinski definition) is 4. The number of aromatic nitrogens is 2. The maximum Gasteiger partial charge on any atom is 0.262 e. The highest BCUT2D eigenvalue weighted by Crippen LogP contribution is 2.32. The van der Waals surface area contributed by atoms with Gasteiger partial charge in [0.15, 0.2) is 6.61 Å². The first-order valence-corrected chi connectivity index (χ1v) is 10.2. The lowest BCUT2D eigenvalue weighted by Crippen LogP contribution is -2.21. The second-order valence-corrected chi connectivity index (χ2v) is 7.68. The predicted molar refractivity (Wildman–Crippen MR) is 119 cm³/mol. The predicted octanol–water partition coefficient (Wildman–Crippen LogP) is 5.06. The van der Waals surface area contributed by atoms with Crippen molar-refractivity contribution in [3.8, 4) is 11.5 Å². The Morgan fingerprint density at radius 2 is 2.00 bits per heavy atom. The summed E-state index contributed by atoms with van der Waals surface area (Å²) < 4.78 is 13.6. The van der Waals surface area contributed by atoms with Crippen LogP contribution in [0.15, 0.2) is 55.1 Å². The van der Waals surface area contributed by atoms with E-state index in [0.29, 0.717) is 35.4 Å². The van der Waals surface area contributed by atoms with E-state index in [0.717, 1.165) is 11.1 Å². The van der Waals surface area contributed by atoms with Crippen LogP contribution in [0.25, 0.3) is 0 Å². The van der Waals surface area contributed by atoms with Crippen LogP contribution in [0.4, 0.5) is 5.69 Å². The Balaban J connectivity index is 1.60. The Hall–Kier alpha value is -2.99. The molecule has 0 saturated carbocycles. The van der Waals surface area contributed by atoms with Crippen LogP contribution in [0, 0.1) is 6.92 Å². The molecule has 7 heteroatoms. The highest BCUT2D eigenvalue weighted by Gasteiger charge is 2.14. The molecule has 0 radical (unpaired) electrons. The molecular formula is C23H26ClN3O3. The zero-order valence-corrected chi connectivity index (χ0v) is 18.1. The normalized spacial score (nSPS) is 10.8. The molecule has 0 atom stereocenters. The number of carbonyl (C=O) groups excluding carboxylic acids is 1. The third-order valence-corrected chi connectivity index (χ3v) is 5.01. The molecule has 1 heterocycles. The molecule has 0 unspecified atom stereocenters. The van der Waals surface area contributed by atoms with Crippen LogP contribution in [-0.2, 0) is 11.3 Å². The number of nitrogens with zero attached hydrogens (tertiary/aromatic N) is 2. The molecule has 0 saturated heterocycles. The Labute approximate surface area is 181 Å². The lowest BCUT2D eigenvalue weighted by Gasteiger charge is -2.16. The number of ether oxygens (including phenoxy) is 2. The van der Waals surface area contributed by atoms with E-state index in [9.17, 15) is 4.79 Å². The molecule has 2 aromatic carbocycles. The van der Waals surface area contributed by atoms with Crippen molar-refractivity contribution in [1.82, 2.24) is 9.55 Å². The fourth-order valence-electron chi connectivity index (χ4n) is 2.95. The molecular weight excluding hydrogens is 402 g/mol. The highest BCUT2D eigenvalue weighted by molar-refractivity contribution is 6.31. The number of imidazole rings is 1. The number of benzene rings is 2. The molecule has 3 aromatic rings. The van der Waals surface area contributed by atoms with Crippen molar-refractivity contribution in [3.05, 3.63) is 71.3 Å². The van der Waals surface area contributed by atoms with Crippen molar-refractivity contribution in [3.63, 3.8) is 0 Å². The number of para-hydroxylation sites is 2. The average molecular weight is 428 g/mol. The maximum atomic E-state index is 12.5. The van der Waals surface area contributed by atoms with Crippen molar-refractivity contribution < 1.29 is 14.3 Å². The van der Waals surface area contributed by atoms with Gasteiger partial charge in [0, 0.05) is 17.4 Å². The van der Waals surface area contributed by atoms with Crippen LogP contribution in [0.5, 0.6) is 11.5 Å². The van der Waals surface area contributed by atoms with Crippen LogP contribution >= 0.6 is 11.6 Å². The summed E-state index contributed by atoms with van der Waals surface area (Å²) in [5.41, 5.74) is 2.49. The van der Waals surface area contributed by atoms with E-state index in [-0.39, 0.29) is 18.4 Å². The molecule has 30 heavy (non-hydrogen) atoms. The molecule has 158 valence electrons. The highest BCUT2D eigenvalue weighted by atomic mass is 35.5. The Morgan fingerprint density at radius 3 is 2.73 bits per heavy atom. The van der Waals surface area contributed by atoms with Crippen LogP contribution in [0.3, 0.4) is 0 Å². The van der Waals surface area contributed by atoms with Crippen molar-refractivity contribution in [1.29, 1.82) is 0 Å². The Bertz CT molecular complexity index is 987. The van der Waals surface area contributed by atoms with Gasteiger partial charge in [-0.05, 0) is 48.2 Å². The van der Waals surface area contributed by atoms with Crippen LogP contribution in [0.2, 0.25) is 5.02 Å². The maximum absolute atomic E-state index is 12.5. The number of carbonyl (C=O) groups is 1. The topological polar surface area (TPSA) is 65.4 Å². The quantitative estimate of drug-likeness (QED) is 0.518. The smallest absolute Gasteiger partial charge is 0.262 e. The van der Waals surface area contributed by atoms with Crippen molar-refractivity contribution in [2.75, 3.05) is 18.5 Å². The van der Waals surface area contributed by atoms with Crippen molar-refractivity contribution in [2.24, 2.45) is 0 Å². The van der Waals surface area contributed by atoms with Gasteiger partial charge in [-0.15, -0.1) is 0 Å². The standard InChI is InChI=1S/C23H26ClN3O3/c1-16(2)18-13-19(24)17(3)12-22(18)30-14-23(28)26-20-6-4-5-7-21(20)29-11-10-27-9-8-25-15-27/h4-9,12-13,15-16H,10-11,14H2,1-3H3,(H,26,28). The van der Waals surface area contributed by atoms with E-state index >= 15 is 0 Å². The SMILES string of the molecule is Cc1cc(OCC(=O)Nc2ccccc2OCCn2ccnc2)c(C(C)C)cc1Cl. The number of aryl methyl sites for hydroxylation is 1. The summed E-state index contributed by atoms with van der Waals surface area (Å²) in [7, 11) is 0. The van der Waals surface area contributed by atoms with Gasteiger partial charge < -0.3 is 19.4 Å². The lowest BCUT2D eigenvalue weighted by atomic mass is 10.0. The summed E-state index contributed by atoms with van der Waals surface area (Å²) in [5.74, 6) is 1.25. The summed E-state index contributed by atoms with van der Waals surface area (Å²) in [5, 5.41) is 3.56. The summed E-state index contributed by atoms with van der Waals surface area (Å²) in [6.45, 7) is 7.05. The third kappa shape index (κ3) is 5.76. The summed E-state index contributed by atoms with van der Waals surface area (Å²) >= 11 is 6.24. The fourth-order valence-corrected chi connectivity index (χ4v) is 3.12. The van der Waals surface area contributed by atoms with E-state index in [1.807, 2.05) is 48.0 Å². The minimum atomic E-state index is -0.261. The van der Waals surface area contributed by atoms with Gasteiger partial charge in [-0.1, -0.05) is 37.6 Å². The Morgan fingerprint density at radius 1 is 1.20 bits per heavy atom. The van der Waals surface area contributed by atoms with E-state index in [1.54, 1.807) is 18.6 Å². The molecule has 0 bridgehead atoms. The molecule has 0 spiro atoms. The second kappa shape index (κ2) is 10.2. The molecule has 0 aliphatic heterocycles. The summed E-state index contributed by atoms with van der Waals surface area (Å²) in [6, 6.07) is 11.1. The van der Waals surface area contributed by atoms with Gasteiger partial charge in [0.05, 0.1) is 18.6 Å². The van der Waals surface area contributed by atoms with Gasteiger partial charge >= 0.3 is 0 Å². The first-order valence-electron chi connectivity index (χ1n) is 9.84. The first-order chi connectivity index (χ1) is 14.4. The van der Waals surface area contributed by atoms with Gasteiger partial charge in [-0.25, -0.2) is 4.98 Å². The number of hydrogen-bond donors (Lipinski definition) is 1. The average Bonchev–Trinajstić information content (AvgIpc) is 3.23. The van der Waals surface area contributed by atoms with Gasteiger partial charge in [0.2, 0.25) is 0 Å². The molecule has 0 aliphatic rings. The van der Waals surface area contributed by atoms with E-state index in [4.69, 9.17) is 21.1 Å². The van der Waals surface area contributed by atoms with Gasteiger partial charge in [0.25, 0.3) is 5.91 Å². The van der Waals surface area contributed by atoms with Crippen LogP contribution < -0.4 is 14.8 Å². The van der Waals surface area contributed by atoms with Gasteiger partial charge in [0.1, 0.15) is 18.1 Å². The zero-order valence-electron chi connectivity index (χ0n) is 17.4. The molecule has 1 N–H and O–H groups in total. The minimum Gasteiger partial charge on any atom is -0.490 e. The summed E-state index contributed by atoms with van der Waals surface area (Å²) in [4.78, 5) is 16.5. The van der Waals surface area contributed by atoms with Crippen LogP contribution in [0.1, 0.15) is 30.9 Å². The monoisotopic (exact) mass is 427 g/mol. The van der Waals surface area contributed by atoms with E-state index in [2.05, 4.69) is 24.1 Å². The largest absolute Gasteiger partial charge is 0.490 e. The number of amides is 1. The number of anilines is 1. The Kier molecular flexibility index (Phi) is 7.36. The molecule has 1 aromatic heterocycles. The molecule has 3 rings (SSSR count). The van der Waals surface area contributed by atoms with E-state index in [1.165, 1.54) is 0 Å². The lowest BCUT2D eigenvalue weighted by molar-refractivity contribution is -0.118. The number of nitrogens with one attached hydrogen (secondary N) is 1. The van der Waals surface area contributed by atoms with E-state index < -0.39 is 0 Å². The zero-order chi connectivity index (χ0) is 21.5. The first kappa shape index (κ1) is 21.7. The minimum absolute atomic E-state index is 0.107. The number of halogens is 1.